The van der Waals surface area contributed by atoms with E-state index in [1.165, 1.54) is 5.56 Å². The van der Waals surface area contributed by atoms with Crippen molar-refractivity contribution in [2.75, 3.05) is 26.2 Å². The van der Waals surface area contributed by atoms with Crippen LogP contribution in [0.1, 0.15) is 45.1 Å². The molecule has 1 spiro atoms. The molecule has 2 N–H and O–H groups in total. The normalized spacial score (nSPS) is 24.2. The lowest BCUT2D eigenvalue weighted by Gasteiger charge is -2.49. The zero-order chi connectivity index (χ0) is 18.8. The topological polar surface area (TPSA) is 66.6 Å². The molecule has 0 saturated carbocycles. The fourth-order valence-corrected chi connectivity index (χ4v) is 4.34. The van der Waals surface area contributed by atoms with Gasteiger partial charge in [-0.3, -0.25) is 9.59 Å². The van der Waals surface area contributed by atoms with E-state index in [2.05, 4.69) is 12.1 Å². The average Bonchev–Trinajstić information content (AvgIpc) is 2.62. The molecule has 1 aromatic rings. The summed E-state index contributed by atoms with van der Waals surface area (Å²) in [6.45, 7) is 6.55. The Balaban J connectivity index is 1.66. The van der Waals surface area contributed by atoms with Gasteiger partial charge in [-0.15, -0.1) is 0 Å². The molecule has 142 valence electrons. The largest absolute Gasteiger partial charge is 0.342 e. The molecule has 2 saturated heterocycles. The molecular formula is C21H31N3O2. The van der Waals surface area contributed by atoms with Crippen LogP contribution in [0.15, 0.2) is 30.3 Å². The fourth-order valence-electron chi connectivity index (χ4n) is 4.34. The SMILES string of the molecule is CC(C)(N)C(=O)N1CCCC2(CCC(=O)N(CCc3ccccc3)C2)C1. The van der Waals surface area contributed by atoms with Gasteiger partial charge in [0, 0.05) is 38.0 Å². The van der Waals surface area contributed by atoms with Gasteiger partial charge in [-0.2, -0.15) is 0 Å². The summed E-state index contributed by atoms with van der Waals surface area (Å²) in [6.07, 6.45) is 4.41. The highest BCUT2D eigenvalue weighted by Crippen LogP contribution is 2.39. The third-order valence-electron chi connectivity index (χ3n) is 5.76. The first-order chi connectivity index (χ1) is 12.3. The second kappa shape index (κ2) is 7.39. The Kier molecular flexibility index (Phi) is 5.37. The number of nitrogens with two attached hydrogens (primary N) is 1. The van der Waals surface area contributed by atoms with Gasteiger partial charge in [0.25, 0.3) is 0 Å². The maximum atomic E-state index is 12.6. The Hall–Kier alpha value is -1.88. The summed E-state index contributed by atoms with van der Waals surface area (Å²) < 4.78 is 0. The molecule has 0 aliphatic carbocycles. The van der Waals surface area contributed by atoms with E-state index >= 15 is 0 Å². The Morgan fingerprint density at radius 2 is 1.92 bits per heavy atom. The van der Waals surface area contributed by atoms with Gasteiger partial charge in [-0.1, -0.05) is 30.3 Å². The van der Waals surface area contributed by atoms with Crippen LogP contribution in [0.2, 0.25) is 0 Å². The monoisotopic (exact) mass is 357 g/mol. The molecule has 3 rings (SSSR count). The Labute approximate surface area is 156 Å². The van der Waals surface area contributed by atoms with Crippen LogP contribution in [0, 0.1) is 5.41 Å². The van der Waals surface area contributed by atoms with Gasteiger partial charge >= 0.3 is 0 Å². The van der Waals surface area contributed by atoms with E-state index in [0.29, 0.717) is 6.42 Å². The van der Waals surface area contributed by atoms with E-state index in [1.807, 2.05) is 28.0 Å². The fraction of sp³-hybridized carbons (Fsp3) is 0.619. The number of piperidine rings is 2. The van der Waals surface area contributed by atoms with Crippen molar-refractivity contribution in [2.45, 2.75) is 51.5 Å². The molecule has 5 heteroatoms. The van der Waals surface area contributed by atoms with Gasteiger partial charge in [0.05, 0.1) is 5.54 Å². The zero-order valence-electron chi connectivity index (χ0n) is 16.0. The lowest BCUT2D eigenvalue weighted by atomic mass is 9.73. The molecule has 0 bridgehead atoms. The highest BCUT2D eigenvalue weighted by atomic mass is 16.2. The minimum absolute atomic E-state index is 0.0179. The van der Waals surface area contributed by atoms with E-state index in [9.17, 15) is 9.59 Å². The number of likely N-dealkylation sites (tertiary alicyclic amines) is 2. The molecule has 1 atom stereocenters. The lowest BCUT2D eigenvalue weighted by molar-refractivity contribution is -0.145. The average molecular weight is 357 g/mol. The summed E-state index contributed by atoms with van der Waals surface area (Å²) in [5.41, 5.74) is 6.48. The number of hydrogen-bond donors (Lipinski definition) is 1. The summed E-state index contributed by atoms with van der Waals surface area (Å²) in [4.78, 5) is 29.0. The van der Waals surface area contributed by atoms with Crippen molar-refractivity contribution in [3.8, 4) is 0 Å². The summed E-state index contributed by atoms with van der Waals surface area (Å²) in [6, 6.07) is 10.3. The molecule has 0 aromatic heterocycles. The van der Waals surface area contributed by atoms with E-state index < -0.39 is 5.54 Å². The standard InChI is InChI=1S/C21H31N3O2/c1-20(2,22)19(26)24-13-6-11-21(16-24)12-9-18(25)23(15-21)14-10-17-7-4-3-5-8-17/h3-5,7-8H,6,9-16,22H2,1-2H3. The Morgan fingerprint density at radius 1 is 1.19 bits per heavy atom. The predicted molar refractivity (Wildman–Crippen MR) is 102 cm³/mol. The molecule has 0 radical (unpaired) electrons. The molecule has 2 heterocycles. The number of carbonyl (C=O) groups is 2. The first-order valence-electron chi connectivity index (χ1n) is 9.69. The predicted octanol–water partition coefficient (Wildman–Crippen LogP) is 2.20. The smallest absolute Gasteiger partial charge is 0.242 e. The third kappa shape index (κ3) is 4.26. The van der Waals surface area contributed by atoms with Gasteiger partial charge in [-0.05, 0) is 45.1 Å². The van der Waals surface area contributed by atoms with Crippen LogP contribution in [-0.4, -0.2) is 53.3 Å². The quantitative estimate of drug-likeness (QED) is 0.898. The number of hydrogen-bond acceptors (Lipinski definition) is 3. The van der Waals surface area contributed by atoms with E-state index in [1.54, 1.807) is 13.8 Å². The summed E-state index contributed by atoms with van der Waals surface area (Å²) >= 11 is 0. The van der Waals surface area contributed by atoms with Crippen LogP contribution in [0.3, 0.4) is 0 Å². The van der Waals surface area contributed by atoms with Crippen molar-refractivity contribution in [2.24, 2.45) is 11.1 Å². The molecule has 26 heavy (non-hydrogen) atoms. The minimum atomic E-state index is -0.837. The molecule has 2 aliphatic rings. The van der Waals surface area contributed by atoms with Crippen molar-refractivity contribution in [3.63, 3.8) is 0 Å². The number of benzene rings is 1. The van der Waals surface area contributed by atoms with Crippen LogP contribution in [0.25, 0.3) is 0 Å². The van der Waals surface area contributed by atoms with Crippen molar-refractivity contribution in [1.29, 1.82) is 0 Å². The summed E-state index contributed by atoms with van der Waals surface area (Å²) in [5, 5.41) is 0. The van der Waals surface area contributed by atoms with E-state index in [0.717, 1.165) is 51.9 Å². The maximum absolute atomic E-state index is 12.6. The number of amides is 2. The van der Waals surface area contributed by atoms with Crippen molar-refractivity contribution in [3.05, 3.63) is 35.9 Å². The minimum Gasteiger partial charge on any atom is -0.342 e. The second-order valence-corrected chi connectivity index (χ2v) is 8.60. The Bertz CT molecular complexity index is 653. The third-order valence-corrected chi connectivity index (χ3v) is 5.76. The van der Waals surface area contributed by atoms with Gasteiger partial charge in [0.1, 0.15) is 0 Å². The first kappa shape index (κ1) is 18.9. The van der Waals surface area contributed by atoms with Gasteiger partial charge < -0.3 is 15.5 Å². The number of carbonyl (C=O) groups excluding carboxylic acids is 2. The van der Waals surface area contributed by atoms with Crippen molar-refractivity contribution >= 4 is 11.8 Å². The lowest BCUT2D eigenvalue weighted by Crippen LogP contribution is -2.59. The molecule has 2 aliphatic heterocycles. The molecule has 2 fully saturated rings. The highest BCUT2D eigenvalue weighted by Gasteiger charge is 2.43. The highest BCUT2D eigenvalue weighted by molar-refractivity contribution is 5.85. The molecular weight excluding hydrogens is 326 g/mol. The van der Waals surface area contributed by atoms with Gasteiger partial charge in [0.15, 0.2) is 0 Å². The molecule has 1 unspecified atom stereocenters. The summed E-state index contributed by atoms with van der Waals surface area (Å²) in [7, 11) is 0. The molecule has 2 amide bonds. The van der Waals surface area contributed by atoms with Crippen molar-refractivity contribution in [1.82, 2.24) is 9.80 Å². The van der Waals surface area contributed by atoms with E-state index in [4.69, 9.17) is 5.73 Å². The number of rotatable bonds is 4. The maximum Gasteiger partial charge on any atom is 0.242 e. The van der Waals surface area contributed by atoms with Crippen molar-refractivity contribution < 1.29 is 9.59 Å². The number of nitrogens with zero attached hydrogens (tertiary/aromatic N) is 2. The van der Waals surface area contributed by atoms with Gasteiger partial charge in [-0.25, -0.2) is 0 Å². The zero-order valence-corrected chi connectivity index (χ0v) is 16.0. The molecule has 1 aromatic carbocycles. The second-order valence-electron chi connectivity index (χ2n) is 8.60. The van der Waals surface area contributed by atoms with Crippen LogP contribution in [0.5, 0.6) is 0 Å². The van der Waals surface area contributed by atoms with E-state index in [-0.39, 0.29) is 17.2 Å². The van der Waals surface area contributed by atoms with Crippen LogP contribution >= 0.6 is 0 Å². The van der Waals surface area contributed by atoms with Crippen LogP contribution in [0.4, 0.5) is 0 Å². The van der Waals surface area contributed by atoms with Crippen LogP contribution in [-0.2, 0) is 16.0 Å². The first-order valence-corrected chi connectivity index (χ1v) is 9.69. The van der Waals surface area contributed by atoms with Crippen LogP contribution < -0.4 is 5.73 Å². The van der Waals surface area contributed by atoms with Gasteiger partial charge in [0.2, 0.25) is 11.8 Å². The summed E-state index contributed by atoms with van der Waals surface area (Å²) in [5.74, 6) is 0.262. The Morgan fingerprint density at radius 3 is 2.62 bits per heavy atom. The molecule has 5 nitrogen and oxygen atoms in total.